The fraction of sp³-hybridized carbons (Fsp3) is 0.522. The van der Waals surface area contributed by atoms with Gasteiger partial charge in [0, 0.05) is 26.2 Å². The van der Waals surface area contributed by atoms with E-state index in [0.717, 1.165) is 44.3 Å². The average molecular weight is 398 g/mol. The molecule has 29 heavy (non-hydrogen) atoms. The van der Waals surface area contributed by atoms with Crippen molar-refractivity contribution in [3.8, 4) is 0 Å². The van der Waals surface area contributed by atoms with Crippen LogP contribution in [0, 0.1) is 0 Å². The standard InChI is InChI=1S/C23H35N5O/c1-24-23(25-17-20(27(2)3)16-19-10-5-4-6-11-19)26-18-21(22-12-9-15-29-22)28-13-7-8-14-28/h4-6,9-12,15,20-21H,7-8,13-14,16-18H2,1-3H3,(H2,24,25,26). The molecule has 3 rings (SSSR count). The second-order valence-electron chi connectivity index (χ2n) is 7.92. The third-order valence-electron chi connectivity index (χ3n) is 5.69. The molecule has 1 aromatic carbocycles. The van der Waals surface area contributed by atoms with Crippen LogP contribution >= 0.6 is 0 Å². The molecular formula is C23H35N5O. The van der Waals surface area contributed by atoms with Gasteiger partial charge in [0.2, 0.25) is 0 Å². The smallest absolute Gasteiger partial charge is 0.191 e. The summed E-state index contributed by atoms with van der Waals surface area (Å²) in [6.07, 6.45) is 5.28. The predicted molar refractivity (Wildman–Crippen MR) is 119 cm³/mol. The third kappa shape index (κ3) is 6.34. The number of benzene rings is 1. The summed E-state index contributed by atoms with van der Waals surface area (Å²) in [7, 11) is 6.09. The highest BCUT2D eigenvalue weighted by molar-refractivity contribution is 5.79. The first-order valence-electron chi connectivity index (χ1n) is 10.6. The van der Waals surface area contributed by atoms with Gasteiger partial charge in [0.1, 0.15) is 5.76 Å². The van der Waals surface area contributed by atoms with E-state index in [9.17, 15) is 0 Å². The largest absolute Gasteiger partial charge is 0.468 e. The maximum atomic E-state index is 5.72. The van der Waals surface area contributed by atoms with E-state index in [1.807, 2.05) is 13.1 Å². The zero-order valence-corrected chi connectivity index (χ0v) is 18.0. The van der Waals surface area contributed by atoms with E-state index in [2.05, 4.69) is 75.9 Å². The Bertz CT molecular complexity index is 723. The van der Waals surface area contributed by atoms with Crippen molar-refractivity contribution in [3.05, 3.63) is 60.1 Å². The molecule has 0 amide bonds. The van der Waals surface area contributed by atoms with Gasteiger partial charge in [-0.05, 0) is 64.1 Å². The van der Waals surface area contributed by atoms with E-state index in [1.165, 1.54) is 18.4 Å². The Labute approximate surface area is 175 Å². The molecule has 2 atom stereocenters. The highest BCUT2D eigenvalue weighted by atomic mass is 16.3. The molecule has 158 valence electrons. The van der Waals surface area contributed by atoms with Gasteiger partial charge in [0.25, 0.3) is 0 Å². The summed E-state index contributed by atoms with van der Waals surface area (Å²) in [6, 6.07) is 15.3. The van der Waals surface area contributed by atoms with Gasteiger partial charge >= 0.3 is 0 Å². The minimum Gasteiger partial charge on any atom is -0.468 e. The number of hydrogen-bond donors (Lipinski definition) is 2. The third-order valence-corrected chi connectivity index (χ3v) is 5.69. The number of likely N-dealkylation sites (tertiary alicyclic amines) is 1. The molecule has 2 aromatic rings. The van der Waals surface area contributed by atoms with Crippen LogP contribution in [-0.2, 0) is 6.42 Å². The lowest BCUT2D eigenvalue weighted by atomic mass is 10.1. The molecule has 0 aliphatic carbocycles. The Balaban J connectivity index is 1.54. The molecule has 6 heteroatoms. The predicted octanol–water partition coefficient (Wildman–Crippen LogP) is 2.75. The molecule has 0 bridgehead atoms. The minimum atomic E-state index is 0.236. The Hall–Kier alpha value is -2.31. The highest BCUT2D eigenvalue weighted by Gasteiger charge is 2.25. The van der Waals surface area contributed by atoms with Gasteiger partial charge in [0.05, 0.1) is 12.3 Å². The van der Waals surface area contributed by atoms with Crippen LogP contribution in [0.4, 0.5) is 0 Å². The van der Waals surface area contributed by atoms with Gasteiger partial charge in [-0.2, -0.15) is 0 Å². The van der Waals surface area contributed by atoms with Crippen LogP contribution in [0.3, 0.4) is 0 Å². The van der Waals surface area contributed by atoms with Crippen LogP contribution < -0.4 is 10.6 Å². The van der Waals surface area contributed by atoms with Crippen molar-refractivity contribution in [3.63, 3.8) is 0 Å². The monoisotopic (exact) mass is 397 g/mol. The summed E-state index contributed by atoms with van der Waals surface area (Å²) in [5.74, 6) is 1.85. The molecule has 0 spiro atoms. The van der Waals surface area contributed by atoms with Gasteiger partial charge in [-0.3, -0.25) is 9.89 Å². The van der Waals surface area contributed by atoms with Crippen LogP contribution in [-0.4, -0.2) is 69.1 Å². The van der Waals surface area contributed by atoms with Crippen molar-refractivity contribution in [2.24, 2.45) is 4.99 Å². The summed E-state index contributed by atoms with van der Waals surface area (Å²) >= 11 is 0. The summed E-state index contributed by atoms with van der Waals surface area (Å²) in [5.41, 5.74) is 1.35. The molecule has 6 nitrogen and oxygen atoms in total. The van der Waals surface area contributed by atoms with E-state index in [0.29, 0.717) is 6.04 Å². The summed E-state index contributed by atoms with van der Waals surface area (Å²) in [5, 5.41) is 7.02. The number of furan rings is 1. The van der Waals surface area contributed by atoms with Crippen molar-refractivity contribution in [2.45, 2.75) is 31.3 Å². The van der Waals surface area contributed by atoms with E-state index < -0.39 is 0 Å². The number of hydrogen-bond acceptors (Lipinski definition) is 4. The molecule has 1 fully saturated rings. The summed E-state index contributed by atoms with van der Waals surface area (Å²) < 4.78 is 5.72. The van der Waals surface area contributed by atoms with E-state index in [4.69, 9.17) is 4.42 Å². The van der Waals surface area contributed by atoms with Crippen LogP contribution in [0.5, 0.6) is 0 Å². The maximum Gasteiger partial charge on any atom is 0.191 e. The summed E-state index contributed by atoms with van der Waals surface area (Å²) in [4.78, 5) is 9.20. The van der Waals surface area contributed by atoms with Gasteiger partial charge in [-0.1, -0.05) is 30.3 Å². The fourth-order valence-corrected chi connectivity index (χ4v) is 3.90. The second-order valence-corrected chi connectivity index (χ2v) is 7.92. The lowest BCUT2D eigenvalue weighted by Gasteiger charge is -2.28. The van der Waals surface area contributed by atoms with Crippen molar-refractivity contribution in [2.75, 3.05) is 47.3 Å². The SMILES string of the molecule is CN=C(NCC(Cc1ccccc1)N(C)C)NCC(c1ccco1)N1CCCC1. The average Bonchev–Trinajstić information content (AvgIpc) is 3.45. The molecule has 1 aliphatic rings. The minimum absolute atomic E-state index is 0.236. The van der Waals surface area contributed by atoms with Crippen LogP contribution in [0.25, 0.3) is 0 Å². The van der Waals surface area contributed by atoms with Crippen LogP contribution in [0.1, 0.15) is 30.2 Å². The summed E-state index contributed by atoms with van der Waals surface area (Å²) in [6.45, 7) is 3.85. The van der Waals surface area contributed by atoms with Crippen LogP contribution in [0.2, 0.25) is 0 Å². The second kappa shape index (κ2) is 11.0. The van der Waals surface area contributed by atoms with Crippen molar-refractivity contribution >= 4 is 5.96 Å². The molecule has 0 saturated carbocycles. The van der Waals surface area contributed by atoms with Gasteiger partial charge in [-0.25, -0.2) is 0 Å². The zero-order valence-electron chi connectivity index (χ0n) is 18.0. The fourth-order valence-electron chi connectivity index (χ4n) is 3.90. The molecular weight excluding hydrogens is 362 g/mol. The van der Waals surface area contributed by atoms with Gasteiger partial charge in [-0.15, -0.1) is 0 Å². The number of nitrogens with one attached hydrogen (secondary N) is 2. The number of aliphatic imine (C=N–C) groups is 1. The molecule has 1 saturated heterocycles. The lowest BCUT2D eigenvalue weighted by molar-refractivity contribution is 0.215. The molecule has 1 aliphatic heterocycles. The Kier molecular flexibility index (Phi) is 8.14. The molecule has 0 radical (unpaired) electrons. The van der Waals surface area contributed by atoms with Crippen LogP contribution in [0.15, 0.2) is 58.1 Å². The molecule has 2 unspecified atom stereocenters. The zero-order chi connectivity index (χ0) is 20.5. The number of nitrogens with zero attached hydrogens (tertiary/aromatic N) is 3. The van der Waals surface area contributed by atoms with Crippen molar-refractivity contribution in [1.29, 1.82) is 0 Å². The first-order chi connectivity index (χ1) is 14.2. The van der Waals surface area contributed by atoms with E-state index >= 15 is 0 Å². The Morgan fingerprint density at radius 1 is 1.07 bits per heavy atom. The molecule has 1 aromatic heterocycles. The number of rotatable bonds is 9. The maximum absolute atomic E-state index is 5.72. The van der Waals surface area contributed by atoms with Gasteiger partial charge in [0.15, 0.2) is 5.96 Å². The van der Waals surface area contributed by atoms with Crippen molar-refractivity contribution in [1.82, 2.24) is 20.4 Å². The normalized spacial score (nSPS) is 17.4. The number of guanidine groups is 1. The topological polar surface area (TPSA) is 56.0 Å². The Morgan fingerprint density at radius 2 is 1.79 bits per heavy atom. The van der Waals surface area contributed by atoms with E-state index in [1.54, 1.807) is 6.26 Å². The molecule has 2 N–H and O–H groups in total. The lowest BCUT2D eigenvalue weighted by Crippen LogP contribution is -2.47. The Morgan fingerprint density at radius 3 is 2.41 bits per heavy atom. The van der Waals surface area contributed by atoms with Crippen molar-refractivity contribution < 1.29 is 4.42 Å². The van der Waals surface area contributed by atoms with Gasteiger partial charge < -0.3 is 20.0 Å². The molecule has 2 heterocycles. The highest BCUT2D eigenvalue weighted by Crippen LogP contribution is 2.24. The first kappa shape index (κ1) is 21.4. The first-order valence-corrected chi connectivity index (χ1v) is 10.6. The quantitative estimate of drug-likeness (QED) is 0.503. The van der Waals surface area contributed by atoms with E-state index in [-0.39, 0.29) is 6.04 Å². The number of likely N-dealkylation sites (N-methyl/N-ethyl adjacent to an activating group) is 1.